The number of aromatic nitrogens is 1. The molecule has 0 bridgehead atoms. The van der Waals surface area contributed by atoms with Crippen LogP contribution in [0.4, 0.5) is 6.01 Å². The Morgan fingerprint density at radius 1 is 1.42 bits per heavy atom. The molecule has 1 aromatic carbocycles. The van der Waals surface area contributed by atoms with Crippen LogP contribution in [0.1, 0.15) is 24.2 Å². The Bertz CT molecular complexity index is 677. The molecule has 1 aromatic heterocycles. The van der Waals surface area contributed by atoms with Gasteiger partial charge in [0.15, 0.2) is 0 Å². The number of nitrogens with one attached hydrogen (secondary N) is 1. The van der Waals surface area contributed by atoms with Gasteiger partial charge in [-0.15, -0.1) is 0 Å². The molecule has 1 unspecified atom stereocenters. The Kier molecular flexibility index (Phi) is 3.59. The summed E-state index contributed by atoms with van der Waals surface area (Å²) in [5, 5.41) is 0. The molecule has 0 spiro atoms. The topological polar surface area (TPSA) is 98.2 Å². The molecule has 0 amide bonds. The van der Waals surface area contributed by atoms with Crippen molar-refractivity contribution in [3.63, 3.8) is 0 Å². The molecule has 0 fully saturated rings. The summed E-state index contributed by atoms with van der Waals surface area (Å²) in [5.41, 5.74) is 7.08. The Morgan fingerprint density at radius 3 is 2.74 bits per heavy atom. The van der Waals surface area contributed by atoms with Gasteiger partial charge >= 0.3 is 6.01 Å². The lowest BCUT2D eigenvalue weighted by Gasteiger charge is -2.09. The van der Waals surface area contributed by atoms with Crippen LogP contribution in [-0.2, 0) is 10.0 Å². The van der Waals surface area contributed by atoms with Gasteiger partial charge in [0.05, 0.1) is 10.6 Å². The van der Waals surface area contributed by atoms with E-state index >= 15 is 0 Å². The van der Waals surface area contributed by atoms with Gasteiger partial charge in [0.2, 0.25) is 0 Å². The molecule has 1 atom stereocenters. The molecule has 2 aromatic rings. The highest BCUT2D eigenvalue weighted by Gasteiger charge is 2.17. The van der Waals surface area contributed by atoms with E-state index in [0.29, 0.717) is 5.69 Å². The predicted octanol–water partition coefficient (Wildman–Crippen LogP) is 1.80. The van der Waals surface area contributed by atoms with E-state index in [1.165, 1.54) is 18.4 Å². The average molecular weight is 281 g/mol. The molecule has 19 heavy (non-hydrogen) atoms. The van der Waals surface area contributed by atoms with Crippen LogP contribution in [0.2, 0.25) is 0 Å². The standard InChI is InChI=1S/C12H15N3O3S/c1-8-7-18-12(14-8)15-19(16,17)11-5-3-4-10(6-11)9(2)13/h3-7,9H,13H2,1-2H3,(H,14,15). The minimum Gasteiger partial charge on any atom is -0.431 e. The van der Waals surface area contributed by atoms with Crippen molar-refractivity contribution in [2.45, 2.75) is 24.8 Å². The number of sulfonamides is 1. The largest absolute Gasteiger partial charge is 0.431 e. The van der Waals surface area contributed by atoms with Gasteiger partial charge in [0.1, 0.15) is 6.26 Å². The van der Waals surface area contributed by atoms with E-state index in [0.717, 1.165) is 5.56 Å². The fourth-order valence-electron chi connectivity index (χ4n) is 1.54. The highest BCUT2D eigenvalue weighted by Crippen LogP contribution is 2.19. The highest BCUT2D eigenvalue weighted by atomic mass is 32.2. The molecule has 7 heteroatoms. The van der Waals surface area contributed by atoms with Crippen LogP contribution in [0, 0.1) is 6.92 Å². The van der Waals surface area contributed by atoms with E-state index in [1.807, 2.05) is 0 Å². The molecule has 0 aliphatic carbocycles. The van der Waals surface area contributed by atoms with Crippen LogP contribution in [0.25, 0.3) is 0 Å². The van der Waals surface area contributed by atoms with Crippen molar-refractivity contribution in [3.8, 4) is 0 Å². The second-order valence-corrected chi connectivity index (χ2v) is 5.94. The molecule has 0 radical (unpaired) electrons. The van der Waals surface area contributed by atoms with Gasteiger partial charge in [-0.1, -0.05) is 12.1 Å². The first-order chi connectivity index (χ1) is 8.88. The zero-order valence-corrected chi connectivity index (χ0v) is 11.4. The van der Waals surface area contributed by atoms with E-state index in [1.54, 1.807) is 26.0 Å². The number of benzene rings is 1. The fourth-order valence-corrected chi connectivity index (χ4v) is 2.53. The molecule has 1 heterocycles. The van der Waals surface area contributed by atoms with Crippen LogP contribution in [0.3, 0.4) is 0 Å². The number of hydrogen-bond donors (Lipinski definition) is 2. The summed E-state index contributed by atoms with van der Waals surface area (Å²) in [6, 6.07) is 6.16. The van der Waals surface area contributed by atoms with Gasteiger partial charge in [-0.3, -0.25) is 0 Å². The molecule has 102 valence electrons. The molecule has 6 nitrogen and oxygen atoms in total. The van der Waals surface area contributed by atoms with Crippen LogP contribution in [0.15, 0.2) is 39.8 Å². The monoisotopic (exact) mass is 281 g/mol. The number of rotatable bonds is 4. The van der Waals surface area contributed by atoms with Crippen molar-refractivity contribution in [1.29, 1.82) is 0 Å². The maximum Gasteiger partial charge on any atom is 0.309 e. The average Bonchev–Trinajstić information content (AvgIpc) is 2.74. The zero-order valence-electron chi connectivity index (χ0n) is 10.6. The van der Waals surface area contributed by atoms with E-state index in [9.17, 15) is 8.42 Å². The maximum absolute atomic E-state index is 12.1. The SMILES string of the molecule is Cc1coc(NS(=O)(=O)c2cccc(C(C)N)c2)n1. The van der Waals surface area contributed by atoms with Crippen molar-refractivity contribution in [1.82, 2.24) is 4.98 Å². The minimum atomic E-state index is -3.72. The van der Waals surface area contributed by atoms with E-state index in [2.05, 4.69) is 9.71 Å². The molecule has 0 saturated heterocycles. The van der Waals surface area contributed by atoms with Crippen LogP contribution in [0.5, 0.6) is 0 Å². The zero-order chi connectivity index (χ0) is 14.0. The van der Waals surface area contributed by atoms with E-state index in [4.69, 9.17) is 10.2 Å². The first-order valence-electron chi connectivity index (χ1n) is 5.69. The second kappa shape index (κ2) is 5.02. The molecule has 0 aliphatic rings. The molecule has 3 N–H and O–H groups in total. The molecule has 0 saturated carbocycles. The first-order valence-corrected chi connectivity index (χ1v) is 7.17. The first kappa shape index (κ1) is 13.6. The smallest absolute Gasteiger partial charge is 0.309 e. The Hall–Kier alpha value is -1.86. The van der Waals surface area contributed by atoms with Crippen molar-refractivity contribution >= 4 is 16.0 Å². The van der Waals surface area contributed by atoms with Gasteiger partial charge < -0.3 is 10.2 Å². The van der Waals surface area contributed by atoms with Crippen molar-refractivity contribution in [3.05, 3.63) is 41.8 Å². The Morgan fingerprint density at radius 2 is 2.16 bits per heavy atom. The molecular weight excluding hydrogens is 266 g/mol. The third-order valence-corrected chi connectivity index (χ3v) is 3.85. The number of nitrogens with two attached hydrogens (primary N) is 1. The number of aryl methyl sites for hydroxylation is 1. The summed E-state index contributed by atoms with van der Waals surface area (Å²) in [6.07, 6.45) is 1.37. The normalized spacial score (nSPS) is 13.2. The lowest BCUT2D eigenvalue weighted by atomic mass is 10.1. The number of oxazole rings is 1. The lowest BCUT2D eigenvalue weighted by molar-refractivity contribution is 0.569. The predicted molar refractivity (Wildman–Crippen MR) is 71.1 cm³/mol. The molecular formula is C12H15N3O3S. The van der Waals surface area contributed by atoms with Gasteiger partial charge in [0, 0.05) is 6.04 Å². The van der Waals surface area contributed by atoms with Gasteiger partial charge in [-0.05, 0) is 31.5 Å². The Labute approximate surface area is 111 Å². The number of hydrogen-bond acceptors (Lipinski definition) is 5. The van der Waals surface area contributed by atoms with Crippen LogP contribution in [-0.4, -0.2) is 13.4 Å². The summed E-state index contributed by atoms with van der Waals surface area (Å²) < 4.78 is 31.5. The van der Waals surface area contributed by atoms with Crippen molar-refractivity contribution < 1.29 is 12.8 Å². The van der Waals surface area contributed by atoms with Gasteiger partial charge in [0.25, 0.3) is 10.0 Å². The maximum atomic E-state index is 12.1. The third kappa shape index (κ3) is 3.12. The number of nitrogens with zero attached hydrogens (tertiary/aromatic N) is 1. The lowest BCUT2D eigenvalue weighted by Crippen LogP contribution is -2.14. The highest BCUT2D eigenvalue weighted by molar-refractivity contribution is 7.92. The summed E-state index contributed by atoms with van der Waals surface area (Å²) in [5.74, 6) is 0. The van der Waals surface area contributed by atoms with Gasteiger partial charge in [-0.2, -0.15) is 4.98 Å². The summed E-state index contributed by atoms with van der Waals surface area (Å²) in [6.45, 7) is 3.49. The fraction of sp³-hybridized carbons (Fsp3) is 0.250. The van der Waals surface area contributed by atoms with E-state index in [-0.39, 0.29) is 17.0 Å². The van der Waals surface area contributed by atoms with Crippen LogP contribution < -0.4 is 10.5 Å². The summed E-state index contributed by atoms with van der Waals surface area (Å²) in [7, 11) is -3.72. The van der Waals surface area contributed by atoms with E-state index < -0.39 is 10.0 Å². The second-order valence-electron chi connectivity index (χ2n) is 4.26. The van der Waals surface area contributed by atoms with Crippen LogP contribution >= 0.6 is 0 Å². The minimum absolute atomic E-state index is 0.0521. The van der Waals surface area contributed by atoms with Crippen molar-refractivity contribution in [2.24, 2.45) is 5.73 Å². The Balaban J connectivity index is 2.31. The van der Waals surface area contributed by atoms with Gasteiger partial charge in [-0.25, -0.2) is 13.1 Å². The third-order valence-electron chi connectivity index (χ3n) is 2.53. The van der Waals surface area contributed by atoms with Crippen molar-refractivity contribution in [2.75, 3.05) is 4.72 Å². The molecule has 2 rings (SSSR count). The molecule has 0 aliphatic heterocycles. The quantitative estimate of drug-likeness (QED) is 0.890. The summed E-state index contributed by atoms with van der Waals surface area (Å²) >= 11 is 0. The summed E-state index contributed by atoms with van der Waals surface area (Å²) in [4.78, 5) is 4.02. The number of anilines is 1.